The molecule has 1 N–H and O–H groups in total. The number of para-hydroxylation sites is 3. The first-order valence-corrected chi connectivity index (χ1v) is 17.2. The van der Waals surface area contributed by atoms with Gasteiger partial charge in [0.2, 0.25) is 0 Å². The molecule has 1 aliphatic carbocycles. The number of hydrogen-bond donors (Lipinski definition) is 1. The number of hydrogen-bond acceptors (Lipinski definition) is 4. The highest BCUT2D eigenvalue weighted by atomic mass is 15.2. The van der Waals surface area contributed by atoms with E-state index in [1.807, 2.05) is 36.4 Å². The molecule has 6 aromatic carbocycles. The third-order valence-corrected chi connectivity index (χ3v) is 10.2. The Morgan fingerprint density at radius 3 is 2.04 bits per heavy atom. The average Bonchev–Trinajstić information content (AvgIpc) is 3.70. The number of allylic oxidation sites excluding steroid dienone is 1. The Balaban J connectivity index is 1.07. The monoisotopic (exact) mass is 643 g/mol. The van der Waals surface area contributed by atoms with Gasteiger partial charge in [0.1, 0.15) is 12.0 Å². The average molecular weight is 644 g/mol. The maximum atomic E-state index is 5.10. The number of aliphatic imine (C=N–C) groups is 2. The Bertz CT molecular complexity index is 2480. The Morgan fingerprint density at radius 2 is 1.26 bits per heavy atom. The van der Waals surface area contributed by atoms with E-state index in [1.165, 1.54) is 44.8 Å². The van der Waals surface area contributed by atoms with Crippen LogP contribution in [-0.4, -0.2) is 16.2 Å². The molecule has 50 heavy (non-hydrogen) atoms. The zero-order valence-electron chi connectivity index (χ0n) is 27.3. The minimum atomic E-state index is -0.276. The zero-order chi connectivity index (χ0) is 33.0. The second kappa shape index (κ2) is 11.6. The highest BCUT2D eigenvalue weighted by molar-refractivity contribution is 6.13. The number of benzene rings is 6. The lowest BCUT2D eigenvalue weighted by Crippen LogP contribution is -2.33. The summed E-state index contributed by atoms with van der Waals surface area (Å²) in [5.74, 6) is 1.85. The third kappa shape index (κ3) is 4.62. The van der Waals surface area contributed by atoms with Gasteiger partial charge in [0, 0.05) is 45.2 Å². The fourth-order valence-corrected chi connectivity index (χ4v) is 7.88. The number of amidine groups is 2. The summed E-state index contributed by atoms with van der Waals surface area (Å²) in [6.45, 7) is 0. The standard InChI is InChI=1S/C45H33N5/c1-4-14-30(15-5-1)43-46-44(31-16-6-2-7-17-31)48-45(47-43)32-24-26-34(27-25-32)50-40-23-13-11-21-36(40)38-28-37-35-20-10-12-22-39(35)49(41(37)29-42(38)50)33-18-8-3-9-19-33/h1-27,29,37,45H,28H2,(H,46,47,48). The molecule has 5 heteroatoms. The normalized spacial score (nSPS) is 17.6. The smallest absolute Gasteiger partial charge is 0.159 e. The first-order chi connectivity index (χ1) is 24.8. The van der Waals surface area contributed by atoms with Crippen molar-refractivity contribution < 1.29 is 0 Å². The molecule has 0 spiro atoms. The summed E-state index contributed by atoms with van der Waals surface area (Å²) in [6.07, 6.45) is 3.12. The molecular formula is C45H33N5. The van der Waals surface area contributed by atoms with E-state index in [0.29, 0.717) is 5.92 Å². The maximum Gasteiger partial charge on any atom is 0.159 e. The van der Waals surface area contributed by atoms with Crippen molar-refractivity contribution in [3.05, 3.63) is 203 Å². The lowest BCUT2D eigenvalue weighted by atomic mass is 9.86. The Kier molecular flexibility index (Phi) is 6.62. The quantitative estimate of drug-likeness (QED) is 0.203. The van der Waals surface area contributed by atoms with E-state index < -0.39 is 0 Å². The van der Waals surface area contributed by atoms with Gasteiger partial charge in [-0.05, 0) is 65.6 Å². The van der Waals surface area contributed by atoms with Crippen molar-refractivity contribution in [2.45, 2.75) is 18.5 Å². The molecule has 1 aromatic heterocycles. The third-order valence-electron chi connectivity index (χ3n) is 10.2. The van der Waals surface area contributed by atoms with Crippen LogP contribution in [0.5, 0.6) is 0 Å². The molecule has 0 amide bonds. The highest BCUT2D eigenvalue weighted by Crippen LogP contribution is 2.53. The second-order valence-electron chi connectivity index (χ2n) is 13.1. The number of nitrogens with zero attached hydrogens (tertiary/aromatic N) is 4. The molecule has 5 nitrogen and oxygen atoms in total. The van der Waals surface area contributed by atoms with Crippen LogP contribution in [0.3, 0.4) is 0 Å². The van der Waals surface area contributed by atoms with Crippen LogP contribution in [0, 0.1) is 0 Å². The van der Waals surface area contributed by atoms with Gasteiger partial charge in [0.15, 0.2) is 5.84 Å². The van der Waals surface area contributed by atoms with Gasteiger partial charge in [-0.2, -0.15) is 0 Å². The Hall–Kier alpha value is -6.46. The highest BCUT2D eigenvalue weighted by Gasteiger charge is 2.39. The molecule has 2 atom stereocenters. The van der Waals surface area contributed by atoms with Crippen LogP contribution in [0.2, 0.25) is 0 Å². The number of anilines is 2. The lowest BCUT2D eigenvalue weighted by Gasteiger charge is -2.27. The van der Waals surface area contributed by atoms with E-state index in [0.717, 1.165) is 40.5 Å². The molecule has 0 saturated heterocycles. The summed E-state index contributed by atoms with van der Waals surface area (Å²) >= 11 is 0. The summed E-state index contributed by atoms with van der Waals surface area (Å²) < 4.78 is 2.44. The molecule has 10 rings (SSSR count). The second-order valence-corrected chi connectivity index (χ2v) is 13.1. The van der Waals surface area contributed by atoms with E-state index >= 15 is 0 Å². The van der Waals surface area contributed by atoms with Gasteiger partial charge in [0.25, 0.3) is 0 Å². The van der Waals surface area contributed by atoms with Crippen molar-refractivity contribution in [2.24, 2.45) is 9.98 Å². The molecule has 3 heterocycles. The van der Waals surface area contributed by atoms with Gasteiger partial charge in [-0.1, -0.05) is 127 Å². The van der Waals surface area contributed by atoms with E-state index in [9.17, 15) is 0 Å². The molecule has 0 radical (unpaired) electrons. The van der Waals surface area contributed by atoms with Crippen LogP contribution in [0.1, 0.15) is 45.6 Å². The van der Waals surface area contributed by atoms with E-state index in [1.54, 1.807) is 0 Å². The molecule has 238 valence electrons. The molecular weight excluding hydrogens is 611 g/mol. The van der Waals surface area contributed by atoms with Crippen molar-refractivity contribution in [1.82, 2.24) is 9.88 Å². The number of rotatable bonds is 5. The summed E-state index contributed by atoms with van der Waals surface area (Å²) in [7, 11) is 0. The van der Waals surface area contributed by atoms with Gasteiger partial charge in [-0.25, -0.2) is 9.98 Å². The van der Waals surface area contributed by atoms with Gasteiger partial charge in [-0.15, -0.1) is 0 Å². The van der Waals surface area contributed by atoms with E-state index in [4.69, 9.17) is 9.98 Å². The molecule has 0 fully saturated rings. The molecule has 2 aliphatic heterocycles. The largest absolute Gasteiger partial charge is 0.344 e. The summed E-state index contributed by atoms with van der Waals surface area (Å²) in [4.78, 5) is 12.5. The van der Waals surface area contributed by atoms with E-state index in [-0.39, 0.29) is 6.17 Å². The maximum absolute atomic E-state index is 5.10. The van der Waals surface area contributed by atoms with Crippen LogP contribution in [0.4, 0.5) is 11.4 Å². The molecule has 7 aromatic rings. The fourth-order valence-electron chi connectivity index (χ4n) is 7.88. The molecule has 3 aliphatic rings. The van der Waals surface area contributed by atoms with Crippen molar-refractivity contribution in [3.8, 4) is 5.69 Å². The number of nitrogens with one attached hydrogen (secondary N) is 1. The van der Waals surface area contributed by atoms with Crippen molar-refractivity contribution in [2.75, 3.05) is 4.90 Å². The van der Waals surface area contributed by atoms with Crippen molar-refractivity contribution in [3.63, 3.8) is 0 Å². The Labute approximate surface area is 291 Å². The summed E-state index contributed by atoms with van der Waals surface area (Å²) in [5.41, 5.74) is 13.3. The lowest BCUT2D eigenvalue weighted by molar-refractivity contribution is 0.674. The first-order valence-electron chi connectivity index (χ1n) is 17.2. The minimum Gasteiger partial charge on any atom is -0.344 e. The van der Waals surface area contributed by atoms with Crippen molar-refractivity contribution >= 4 is 40.0 Å². The van der Waals surface area contributed by atoms with Crippen LogP contribution in [-0.2, 0) is 6.42 Å². The summed E-state index contributed by atoms with van der Waals surface area (Å²) in [6, 6.07) is 57.9. The van der Waals surface area contributed by atoms with Gasteiger partial charge in [-0.3, -0.25) is 0 Å². The predicted molar refractivity (Wildman–Crippen MR) is 205 cm³/mol. The molecule has 2 unspecified atom stereocenters. The zero-order valence-corrected chi connectivity index (χ0v) is 27.3. The molecule has 0 saturated carbocycles. The fraction of sp³-hybridized carbons (Fsp3) is 0.0667. The predicted octanol–water partition coefficient (Wildman–Crippen LogP) is 9.96. The van der Waals surface area contributed by atoms with Crippen LogP contribution >= 0.6 is 0 Å². The van der Waals surface area contributed by atoms with Crippen molar-refractivity contribution in [1.29, 1.82) is 0 Å². The Morgan fingerprint density at radius 1 is 0.600 bits per heavy atom. The van der Waals surface area contributed by atoms with Gasteiger partial charge >= 0.3 is 0 Å². The SMILES string of the molecule is C1=C2C(Cc3c1n(-c1ccc(C4N=C(c5ccccc5)N=C(c5ccccc5)N4)cc1)c1ccccc31)c1ccccc1N2c1ccccc1. The first kappa shape index (κ1) is 28.5. The van der Waals surface area contributed by atoms with E-state index in [2.05, 4.69) is 148 Å². The summed E-state index contributed by atoms with van der Waals surface area (Å²) in [5, 5.41) is 4.93. The van der Waals surface area contributed by atoms with Crippen LogP contribution in [0.15, 0.2) is 179 Å². The number of fused-ring (bicyclic) bond motifs is 6. The minimum absolute atomic E-state index is 0.276. The van der Waals surface area contributed by atoms with Crippen LogP contribution < -0.4 is 10.2 Å². The van der Waals surface area contributed by atoms with Gasteiger partial charge < -0.3 is 14.8 Å². The van der Waals surface area contributed by atoms with Crippen LogP contribution in [0.25, 0.3) is 22.7 Å². The van der Waals surface area contributed by atoms with Gasteiger partial charge in [0.05, 0.1) is 11.2 Å². The number of aromatic nitrogens is 1. The topological polar surface area (TPSA) is 44.9 Å². The molecule has 0 bridgehead atoms.